The summed E-state index contributed by atoms with van der Waals surface area (Å²) in [5, 5.41) is 1.60. The number of Topliss-reactive ketones (excluding diaryl/α,β-unsaturated/α-hetero) is 1. The summed E-state index contributed by atoms with van der Waals surface area (Å²) in [6, 6.07) is 5.67. The van der Waals surface area contributed by atoms with Crippen LogP contribution < -0.4 is 4.74 Å². The highest BCUT2D eigenvalue weighted by atomic mass is 79.9. The fourth-order valence-electron chi connectivity index (χ4n) is 1.68. The number of nitrogens with one attached hydrogen (secondary N) is 1. The van der Waals surface area contributed by atoms with Crippen LogP contribution in [0, 0.1) is 0 Å². The Labute approximate surface area is 102 Å². The summed E-state index contributed by atoms with van der Waals surface area (Å²) in [4.78, 5) is 14.9. The van der Waals surface area contributed by atoms with Gasteiger partial charge in [0.1, 0.15) is 5.75 Å². The number of methoxy groups -OCH3 is 1. The second-order valence-electron chi connectivity index (χ2n) is 3.48. The zero-order valence-electron chi connectivity index (χ0n) is 8.92. The maximum Gasteiger partial charge on any atom is 0.165 e. The maximum absolute atomic E-state index is 11.8. The molecule has 0 aliphatic heterocycles. The lowest BCUT2D eigenvalue weighted by atomic mass is 10.1. The Hall–Kier alpha value is -1.29. The van der Waals surface area contributed by atoms with E-state index in [-0.39, 0.29) is 5.78 Å². The molecule has 0 radical (unpaired) electrons. The van der Waals surface area contributed by atoms with Crippen molar-refractivity contribution in [1.82, 2.24) is 4.98 Å². The van der Waals surface area contributed by atoms with Crippen LogP contribution in [0.15, 0.2) is 24.4 Å². The third-order valence-corrected chi connectivity index (χ3v) is 2.91. The largest absolute Gasteiger partial charge is 0.497 e. The summed E-state index contributed by atoms with van der Waals surface area (Å²) in [5.41, 5.74) is 1.69. The van der Waals surface area contributed by atoms with Gasteiger partial charge in [0.05, 0.1) is 7.11 Å². The zero-order chi connectivity index (χ0) is 11.5. The molecule has 0 bridgehead atoms. The average Bonchev–Trinajstić information content (AvgIpc) is 2.71. The standard InChI is InChI=1S/C12H12BrNO2/c1-16-8-2-3-11-9(6-8)10(7-14-11)12(15)4-5-13/h2-3,6-7,14H,4-5H2,1H3. The minimum Gasteiger partial charge on any atom is -0.497 e. The molecule has 0 unspecified atom stereocenters. The number of rotatable bonds is 4. The molecule has 1 aromatic heterocycles. The molecule has 0 saturated carbocycles. The van der Waals surface area contributed by atoms with Crippen LogP contribution in [-0.4, -0.2) is 23.2 Å². The van der Waals surface area contributed by atoms with E-state index >= 15 is 0 Å². The van der Waals surface area contributed by atoms with Gasteiger partial charge in [0, 0.05) is 34.4 Å². The Kier molecular flexibility index (Phi) is 3.29. The summed E-state index contributed by atoms with van der Waals surface area (Å²) in [7, 11) is 1.62. The molecule has 1 heterocycles. The van der Waals surface area contributed by atoms with E-state index < -0.39 is 0 Å². The number of hydrogen-bond donors (Lipinski definition) is 1. The Bertz CT molecular complexity index is 519. The number of alkyl halides is 1. The van der Waals surface area contributed by atoms with Gasteiger partial charge >= 0.3 is 0 Å². The Morgan fingerprint density at radius 2 is 2.31 bits per heavy atom. The molecule has 2 rings (SSSR count). The van der Waals surface area contributed by atoms with Crippen molar-refractivity contribution in [2.45, 2.75) is 6.42 Å². The maximum atomic E-state index is 11.8. The second-order valence-corrected chi connectivity index (χ2v) is 4.27. The molecule has 3 nitrogen and oxygen atoms in total. The highest BCUT2D eigenvalue weighted by Gasteiger charge is 2.11. The molecule has 1 N–H and O–H groups in total. The molecule has 0 spiro atoms. The Morgan fingerprint density at radius 1 is 1.50 bits per heavy atom. The second kappa shape index (κ2) is 4.70. The highest BCUT2D eigenvalue weighted by Crippen LogP contribution is 2.24. The minimum absolute atomic E-state index is 0.136. The predicted molar refractivity (Wildman–Crippen MR) is 67.6 cm³/mol. The smallest absolute Gasteiger partial charge is 0.165 e. The van der Waals surface area contributed by atoms with Crippen LogP contribution in [0.5, 0.6) is 5.75 Å². The molecule has 16 heavy (non-hydrogen) atoms. The monoisotopic (exact) mass is 281 g/mol. The van der Waals surface area contributed by atoms with Gasteiger partial charge in [0.15, 0.2) is 5.78 Å². The third-order valence-electron chi connectivity index (χ3n) is 2.51. The number of aromatic nitrogens is 1. The first-order valence-electron chi connectivity index (χ1n) is 5.00. The normalized spacial score (nSPS) is 10.6. The number of hydrogen-bond acceptors (Lipinski definition) is 2. The molecule has 0 amide bonds. The van der Waals surface area contributed by atoms with E-state index in [1.54, 1.807) is 13.3 Å². The van der Waals surface area contributed by atoms with E-state index in [0.717, 1.165) is 22.2 Å². The van der Waals surface area contributed by atoms with Crippen molar-refractivity contribution >= 4 is 32.6 Å². The summed E-state index contributed by atoms with van der Waals surface area (Å²) >= 11 is 3.27. The number of ketones is 1. The first-order chi connectivity index (χ1) is 7.76. The molecule has 0 fully saturated rings. The molecule has 0 aliphatic carbocycles. The van der Waals surface area contributed by atoms with E-state index in [2.05, 4.69) is 20.9 Å². The van der Waals surface area contributed by atoms with Crippen LogP contribution in [0.1, 0.15) is 16.8 Å². The summed E-state index contributed by atoms with van der Waals surface area (Å²) in [6.45, 7) is 0. The highest BCUT2D eigenvalue weighted by molar-refractivity contribution is 9.09. The molecule has 1 aromatic carbocycles. The van der Waals surface area contributed by atoms with Crippen molar-refractivity contribution in [3.8, 4) is 5.75 Å². The number of benzene rings is 1. The van der Waals surface area contributed by atoms with E-state index in [0.29, 0.717) is 11.8 Å². The predicted octanol–water partition coefficient (Wildman–Crippen LogP) is 3.14. The topological polar surface area (TPSA) is 42.1 Å². The van der Waals surface area contributed by atoms with E-state index in [1.165, 1.54) is 0 Å². The molecule has 0 saturated heterocycles. The van der Waals surface area contributed by atoms with E-state index in [1.807, 2.05) is 18.2 Å². The van der Waals surface area contributed by atoms with Crippen LogP contribution in [0.25, 0.3) is 10.9 Å². The lowest BCUT2D eigenvalue weighted by molar-refractivity contribution is 0.0991. The number of aromatic amines is 1. The fraction of sp³-hybridized carbons (Fsp3) is 0.250. The van der Waals surface area contributed by atoms with Gasteiger partial charge in [-0.15, -0.1) is 0 Å². The molecule has 84 valence electrons. The molecular formula is C12H12BrNO2. The summed E-state index contributed by atoms with van der Waals surface area (Å²) in [5.74, 6) is 0.899. The van der Waals surface area contributed by atoms with Crippen LogP contribution in [0.3, 0.4) is 0 Å². The molecule has 2 aromatic rings. The molecule has 0 aliphatic rings. The van der Waals surface area contributed by atoms with Crippen molar-refractivity contribution in [2.75, 3.05) is 12.4 Å². The van der Waals surface area contributed by atoms with E-state index in [4.69, 9.17) is 4.74 Å². The van der Waals surface area contributed by atoms with Crippen molar-refractivity contribution in [3.05, 3.63) is 30.0 Å². The van der Waals surface area contributed by atoms with Gasteiger partial charge in [0.2, 0.25) is 0 Å². The molecule has 0 atom stereocenters. The van der Waals surface area contributed by atoms with Crippen LogP contribution in [0.2, 0.25) is 0 Å². The number of halogens is 1. The average molecular weight is 282 g/mol. The zero-order valence-corrected chi connectivity index (χ0v) is 10.5. The summed E-state index contributed by atoms with van der Waals surface area (Å²) in [6.07, 6.45) is 2.26. The van der Waals surface area contributed by atoms with E-state index in [9.17, 15) is 4.79 Å². The van der Waals surface area contributed by atoms with Gasteiger partial charge in [0.25, 0.3) is 0 Å². The first-order valence-corrected chi connectivity index (χ1v) is 6.12. The number of carbonyl (C=O) groups excluding carboxylic acids is 1. The lowest BCUT2D eigenvalue weighted by Crippen LogP contribution is -1.98. The quantitative estimate of drug-likeness (QED) is 0.691. The van der Waals surface area contributed by atoms with Crippen molar-refractivity contribution < 1.29 is 9.53 Å². The van der Waals surface area contributed by atoms with Crippen LogP contribution in [-0.2, 0) is 0 Å². The Balaban J connectivity index is 2.49. The van der Waals surface area contributed by atoms with Gasteiger partial charge in [-0.2, -0.15) is 0 Å². The first kappa shape index (κ1) is 11.2. The van der Waals surface area contributed by atoms with Gasteiger partial charge in [-0.25, -0.2) is 0 Å². The van der Waals surface area contributed by atoms with Gasteiger partial charge in [-0.1, -0.05) is 15.9 Å². The van der Waals surface area contributed by atoms with Gasteiger partial charge < -0.3 is 9.72 Å². The number of fused-ring (bicyclic) bond motifs is 1. The molecular weight excluding hydrogens is 270 g/mol. The fourth-order valence-corrected chi connectivity index (χ4v) is 2.04. The molecule has 4 heteroatoms. The number of carbonyl (C=O) groups is 1. The van der Waals surface area contributed by atoms with Crippen molar-refractivity contribution in [1.29, 1.82) is 0 Å². The van der Waals surface area contributed by atoms with Crippen LogP contribution in [0.4, 0.5) is 0 Å². The number of H-pyrrole nitrogens is 1. The Morgan fingerprint density at radius 3 is 3.00 bits per heavy atom. The third kappa shape index (κ3) is 1.97. The summed E-state index contributed by atoms with van der Waals surface area (Å²) < 4.78 is 5.15. The lowest BCUT2D eigenvalue weighted by Gasteiger charge is -2.00. The van der Waals surface area contributed by atoms with Gasteiger partial charge in [-0.3, -0.25) is 4.79 Å². The minimum atomic E-state index is 0.136. The van der Waals surface area contributed by atoms with Crippen molar-refractivity contribution in [2.24, 2.45) is 0 Å². The SMILES string of the molecule is COc1ccc2[nH]cc(C(=O)CCBr)c2c1. The van der Waals surface area contributed by atoms with Crippen LogP contribution >= 0.6 is 15.9 Å². The number of ether oxygens (including phenoxy) is 1. The van der Waals surface area contributed by atoms with Gasteiger partial charge in [-0.05, 0) is 18.2 Å². The van der Waals surface area contributed by atoms with Crippen molar-refractivity contribution in [3.63, 3.8) is 0 Å².